The number of hydrogen-bond acceptors (Lipinski definition) is 6. The third-order valence-electron chi connectivity index (χ3n) is 4.74. The molecule has 0 spiro atoms. The third kappa shape index (κ3) is 3.33. The van der Waals surface area contributed by atoms with Gasteiger partial charge in [0, 0.05) is 17.0 Å². The van der Waals surface area contributed by atoms with Crippen LogP contribution in [0.2, 0.25) is 0 Å². The predicted molar refractivity (Wildman–Crippen MR) is 108 cm³/mol. The van der Waals surface area contributed by atoms with Crippen molar-refractivity contribution < 1.29 is 4.79 Å². The van der Waals surface area contributed by atoms with Gasteiger partial charge in [0.05, 0.1) is 23.5 Å². The van der Waals surface area contributed by atoms with Gasteiger partial charge in [0.25, 0.3) is 5.78 Å². The Hall–Kier alpha value is -2.94. The summed E-state index contributed by atoms with van der Waals surface area (Å²) in [7, 11) is 0. The van der Waals surface area contributed by atoms with E-state index in [9.17, 15) is 4.79 Å². The van der Waals surface area contributed by atoms with Crippen molar-refractivity contribution in [3.8, 4) is 0 Å². The lowest BCUT2D eigenvalue weighted by atomic mass is 10.1. The number of benzene rings is 1. The number of carbonyl (C=O) groups is 1. The van der Waals surface area contributed by atoms with Gasteiger partial charge in [-0.1, -0.05) is 23.9 Å². The summed E-state index contributed by atoms with van der Waals surface area (Å²) in [5.74, 6) is 1.20. The smallest absolute Gasteiger partial charge is 0.253 e. The Morgan fingerprint density at radius 3 is 2.79 bits per heavy atom. The van der Waals surface area contributed by atoms with E-state index < -0.39 is 0 Å². The van der Waals surface area contributed by atoms with Crippen LogP contribution in [-0.2, 0) is 11.2 Å². The minimum absolute atomic E-state index is 0.0921. The van der Waals surface area contributed by atoms with Crippen LogP contribution in [0.5, 0.6) is 0 Å². The summed E-state index contributed by atoms with van der Waals surface area (Å²) >= 11 is 1.46. The van der Waals surface area contributed by atoms with Crippen LogP contribution in [0.4, 0.5) is 0 Å². The monoisotopic (exact) mass is 395 g/mol. The summed E-state index contributed by atoms with van der Waals surface area (Å²) < 4.78 is 1.70. The Balaban J connectivity index is 1.54. The lowest BCUT2D eigenvalue weighted by molar-refractivity contribution is -0.121. The highest BCUT2D eigenvalue weighted by Crippen LogP contribution is 2.19. The predicted octanol–water partition coefficient (Wildman–Crippen LogP) is 2.76. The maximum absolute atomic E-state index is 12.7. The second kappa shape index (κ2) is 7.23. The molecule has 1 unspecified atom stereocenters. The highest BCUT2D eigenvalue weighted by molar-refractivity contribution is 7.98. The number of aromatic nitrogens is 6. The van der Waals surface area contributed by atoms with Crippen LogP contribution in [0.15, 0.2) is 29.4 Å². The first-order valence-corrected chi connectivity index (χ1v) is 10.2. The van der Waals surface area contributed by atoms with E-state index >= 15 is 0 Å². The van der Waals surface area contributed by atoms with Crippen LogP contribution in [0, 0.1) is 13.8 Å². The average molecular weight is 395 g/mol. The number of aryl methyl sites for hydroxylation is 2. The number of para-hydroxylation sites is 2. The Kier molecular flexibility index (Phi) is 4.76. The van der Waals surface area contributed by atoms with E-state index in [2.05, 4.69) is 30.4 Å². The average Bonchev–Trinajstić information content (AvgIpc) is 3.29. The molecule has 4 rings (SSSR count). The van der Waals surface area contributed by atoms with Crippen molar-refractivity contribution in [1.82, 2.24) is 34.9 Å². The highest BCUT2D eigenvalue weighted by Gasteiger charge is 2.18. The van der Waals surface area contributed by atoms with Crippen molar-refractivity contribution in [3.05, 3.63) is 47.0 Å². The molecule has 0 aliphatic carbocycles. The molecule has 3 heterocycles. The molecule has 0 bridgehead atoms. The van der Waals surface area contributed by atoms with Gasteiger partial charge in [-0.25, -0.2) is 14.5 Å². The lowest BCUT2D eigenvalue weighted by Gasteiger charge is -2.14. The van der Waals surface area contributed by atoms with Gasteiger partial charge in [-0.15, -0.1) is 5.10 Å². The number of H-pyrrole nitrogens is 1. The van der Waals surface area contributed by atoms with Crippen LogP contribution in [0.1, 0.15) is 35.7 Å². The number of carbonyl (C=O) groups excluding carboxylic acids is 1. The molecule has 8 nitrogen and oxygen atoms in total. The fourth-order valence-electron chi connectivity index (χ4n) is 3.23. The van der Waals surface area contributed by atoms with Crippen molar-refractivity contribution in [2.24, 2.45) is 0 Å². The van der Waals surface area contributed by atoms with E-state index in [0.717, 1.165) is 33.8 Å². The molecule has 28 heavy (non-hydrogen) atoms. The quantitative estimate of drug-likeness (QED) is 0.504. The van der Waals surface area contributed by atoms with E-state index in [1.165, 1.54) is 11.8 Å². The van der Waals surface area contributed by atoms with Crippen molar-refractivity contribution in [2.75, 3.05) is 6.26 Å². The van der Waals surface area contributed by atoms with E-state index in [0.29, 0.717) is 10.9 Å². The van der Waals surface area contributed by atoms with E-state index in [1.54, 1.807) is 4.52 Å². The number of imidazole rings is 1. The fourth-order valence-corrected chi connectivity index (χ4v) is 3.57. The SMILES string of the molecule is CSc1nc2nc(C)c(CC(=O)NC(C)c3nc4ccccc4[nH]3)c(C)n2n1. The Bertz CT molecular complexity index is 1150. The summed E-state index contributed by atoms with van der Waals surface area (Å²) in [6.07, 6.45) is 2.14. The van der Waals surface area contributed by atoms with Crippen molar-refractivity contribution in [1.29, 1.82) is 0 Å². The summed E-state index contributed by atoms with van der Waals surface area (Å²) in [5.41, 5.74) is 4.37. The number of aromatic amines is 1. The first kappa shape index (κ1) is 18.4. The molecule has 0 saturated carbocycles. The molecule has 0 aliphatic rings. The van der Waals surface area contributed by atoms with Gasteiger partial charge in [-0.3, -0.25) is 4.79 Å². The third-order valence-corrected chi connectivity index (χ3v) is 5.28. The summed E-state index contributed by atoms with van der Waals surface area (Å²) in [4.78, 5) is 29.4. The van der Waals surface area contributed by atoms with Crippen LogP contribution < -0.4 is 5.32 Å². The van der Waals surface area contributed by atoms with E-state index in [-0.39, 0.29) is 18.4 Å². The van der Waals surface area contributed by atoms with Crippen LogP contribution >= 0.6 is 11.8 Å². The van der Waals surface area contributed by atoms with Crippen molar-refractivity contribution in [3.63, 3.8) is 0 Å². The van der Waals surface area contributed by atoms with Gasteiger partial charge >= 0.3 is 0 Å². The number of thioether (sulfide) groups is 1. The molecule has 0 radical (unpaired) electrons. The molecule has 4 aromatic rings. The Morgan fingerprint density at radius 2 is 2.04 bits per heavy atom. The number of fused-ring (bicyclic) bond motifs is 2. The number of amides is 1. The second-order valence-electron chi connectivity index (χ2n) is 6.68. The fraction of sp³-hybridized carbons (Fsp3) is 0.316. The molecule has 1 amide bonds. The van der Waals surface area contributed by atoms with Crippen LogP contribution in [-0.4, -0.2) is 41.7 Å². The molecule has 9 heteroatoms. The molecular formula is C19H21N7OS. The number of nitrogens with zero attached hydrogens (tertiary/aromatic N) is 5. The Morgan fingerprint density at radius 1 is 1.25 bits per heavy atom. The largest absolute Gasteiger partial charge is 0.346 e. The minimum atomic E-state index is -0.230. The normalized spacial score (nSPS) is 12.6. The number of nitrogens with one attached hydrogen (secondary N) is 2. The lowest BCUT2D eigenvalue weighted by Crippen LogP contribution is -2.29. The zero-order valence-corrected chi connectivity index (χ0v) is 17.0. The summed E-state index contributed by atoms with van der Waals surface area (Å²) in [6, 6.07) is 7.58. The van der Waals surface area contributed by atoms with Gasteiger partial charge in [0.2, 0.25) is 11.1 Å². The topological polar surface area (TPSA) is 101 Å². The maximum Gasteiger partial charge on any atom is 0.253 e. The van der Waals surface area contributed by atoms with Gasteiger partial charge in [0.1, 0.15) is 5.82 Å². The van der Waals surface area contributed by atoms with E-state index in [4.69, 9.17) is 0 Å². The summed E-state index contributed by atoms with van der Waals surface area (Å²) in [5, 5.41) is 8.11. The molecule has 0 aliphatic heterocycles. The molecule has 2 N–H and O–H groups in total. The van der Waals surface area contributed by atoms with Gasteiger partial charge < -0.3 is 10.3 Å². The first-order chi connectivity index (χ1) is 13.5. The Labute approximate surface area is 166 Å². The molecule has 0 saturated heterocycles. The molecule has 1 atom stereocenters. The summed E-state index contributed by atoms with van der Waals surface area (Å²) in [6.45, 7) is 5.75. The maximum atomic E-state index is 12.7. The number of rotatable bonds is 5. The van der Waals surface area contributed by atoms with Gasteiger partial charge in [0.15, 0.2) is 0 Å². The van der Waals surface area contributed by atoms with E-state index in [1.807, 2.05) is 51.3 Å². The van der Waals surface area contributed by atoms with Crippen LogP contribution in [0.3, 0.4) is 0 Å². The minimum Gasteiger partial charge on any atom is -0.346 e. The van der Waals surface area contributed by atoms with Gasteiger partial charge in [-0.2, -0.15) is 4.98 Å². The zero-order chi connectivity index (χ0) is 19.8. The molecule has 1 aromatic carbocycles. The van der Waals surface area contributed by atoms with Crippen molar-refractivity contribution >= 4 is 34.5 Å². The standard InChI is InChI=1S/C19H21N7OS/c1-10-13(12(3)26-18(21-10)24-19(25-26)28-4)9-16(27)20-11(2)17-22-14-7-5-6-8-15(14)23-17/h5-8,11H,9H2,1-4H3,(H,20,27)(H,22,23). The molecular weight excluding hydrogens is 374 g/mol. The highest BCUT2D eigenvalue weighted by atomic mass is 32.2. The first-order valence-electron chi connectivity index (χ1n) is 8.97. The van der Waals surface area contributed by atoms with Gasteiger partial charge in [-0.05, 0) is 39.2 Å². The molecule has 144 valence electrons. The molecule has 3 aromatic heterocycles. The van der Waals surface area contributed by atoms with Crippen molar-refractivity contribution in [2.45, 2.75) is 38.4 Å². The zero-order valence-electron chi connectivity index (χ0n) is 16.1. The second-order valence-corrected chi connectivity index (χ2v) is 7.45. The molecule has 0 fully saturated rings. The van der Waals surface area contributed by atoms with Crippen LogP contribution in [0.25, 0.3) is 16.8 Å². The number of hydrogen-bond donors (Lipinski definition) is 2.